The van der Waals surface area contributed by atoms with E-state index in [0.717, 1.165) is 11.0 Å². The number of para-hydroxylation sites is 1. The van der Waals surface area contributed by atoms with Gasteiger partial charge in [-0.25, -0.2) is 4.98 Å². The van der Waals surface area contributed by atoms with Crippen LogP contribution in [0.5, 0.6) is 0 Å². The van der Waals surface area contributed by atoms with E-state index in [2.05, 4.69) is 4.98 Å². The summed E-state index contributed by atoms with van der Waals surface area (Å²) in [5.74, 6) is 0.369. The van der Waals surface area contributed by atoms with E-state index in [-0.39, 0.29) is 5.91 Å². The molecule has 0 atom stereocenters. The van der Waals surface area contributed by atoms with Crippen molar-refractivity contribution >= 4 is 34.5 Å². The molecule has 0 unspecified atom stereocenters. The number of fused-ring (bicyclic) bond motifs is 1. The number of nitrogens with zero attached hydrogens (tertiary/aromatic N) is 3. The molecule has 0 saturated heterocycles. The van der Waals surface area contributed by atoms with E-state index in [1.54, 1.807) is 30.1 Å². The lowest BCUT2D eigenvalue weighted by Gasteiger charge is -2.18. The zero-order valence-electron chi connectivity index (χ0n) is 12.7. The van der Waals surface area contributed by atoms with Crippen LogP contribution in [0, 0.1) is 0 Å². The Morgan fingerprint density at radius 2 is 1.96 bits per heavy atom. The van der Waals surface area contributed by atoms with Crippen LogP contribution < -0.4 is 5.73 Å². The first-order valence-electron chi connectivity index (χ1n) is 7.28. The molecule has 1 amide bonds. The van der Waals surface area contributed by atoms with Gasteiger partial charge < -0.3 is 15.2 Å². The fourth-order valence-electron chi connectivity index (χ4n) is 2.54. The molecule has 0 aliphatic rings. The fraction of sp³-hybridized carbons (Fsp3) is 0.176. The molecule has 118 valence electrons. The van der Waals surface area contributed by atoms with Gasteiger partial charge in [-0.15, -0.1) is 0 Å². The van der Waals surface area contributed by atoms with Crippen LogP contribution in [0.2, 0.25) is 5.02 Å². The number of amides is 1. The third-order valence-electron chi connectivity index (χ3n) is 3.77. The number of carbonyl (C=O) groups excluding carboxylic acids is 1. The van der Waals surface area contributed by atoms with Crippen molar-refractivity contribution in [1.82, 2.24) is 14.5 Å². The van der Waals surface area contributed by atoms with Gasteiger partial charge in [0.25, 0.3) is 5.91 Å². The van der Waals surface area contributed by atoms with Crippen LogP contribution in [0.1, 0.15) is 10.4 Å². The van der Waals surface area contributed by atoms with Gasteiger partial charge in [-0.05, 0) is 24.3 Å². The summed E-state index contributed by atoms with van der Waals surface area (Å²) in [6, 6.07) is 14.7. The monoisotopic (exact) mass is 328 g/mol. The molecule has 0 aliphatic heterocycles. The largest absolute Gasteiger partial charge is 0.369 e. The maximum absolute atomic E-state index is 12.4. The molecule has 3 aromatic rings. The molecule has 0 spiro atoms. The topological polar surface area (TPSA) is 64.2 Å². The van der Waals surface area contributed by atoms with Gasteiger partial charge in [0.1, 0.15) is 0 Å². The van der Waals surface area contributed by atoms with Gasteiger partial charge in [0, 0.05) is 25.7 Å². The van der Waals surface area contributed by atoms with E-state index in [0.29, 0.717) is 29.6 Å². The first-order chi connectivity index (χ1) is 11.1. The summed E-state index contributed by atoms with van der Waals surface area (Å²) in [5, 5.41) is 0.601. The van der Waals surface area contributed by atoms with Gasteiger partial charge in [0.15, 0.2) is 0 Å². The Kier molecular flexibility index (Phi) is 4.21. The van der Waals surface area contributed by atoms with Crippen LogP contribution >= 0.6 is 11.6 Å². The molecule has 0 radical (unpaired) electrons. The highest BCUT2D eigenvalue weighted by Crippen LogP contribution is 2.25. The second-order valence-electron chi connectivity index (χ2n) is 5.32. The summed E-state index contributed by atoms with van der Waals surface area (Å²) in [6.07, 6.45) is 0. The van der Waals surface area contributed by atoms with Crippen molar-refractivity contribution in [2.45, 2.75) is 6.54 Å². The average Bonchev–Trinajstić information content (AvgIpc) is 2.89. The van der Waals surface area contributed by atoms with E-state index in [4.69, 9.17) is 17.3 Å². The fourth-order valence-corrected chi connectivity index (χ4v) is 2.81. The molecular formula is C17H17ClN4O. The van der Waals surface area contributed by atoms with Gasteiger partial charge in [0.05, 0.1) is 16.1 Å². The van der Waals surface area contributed by atoms with Crippen LogP contribution in [0.4, 0.5) is 5.95 Å². The lowest BCUT2D eigenvalue weighted by molar-refractivity contribution is 0.0791. The number of benzene rings is 2. The predicted octanol–water partition coefficient (Wildman–Crippen LogP) is 3.04. The summed E-state index contributed by atoms with van der Waals surface area (Å²) in [5.41, 5.74) is 8.20. The van der Waals surface area contributed by atoms with Crippen LogP contribution in [0.3, 0.4) is 0 Å². The Balaban J connectivity index is 1.78. The van der Waals surface area contributed by atoms with E-state index >= 15 is 0 Å². The number of imidazole rings is 1. The quantitative estimate of drug-likeness (QED) is 0.800. The zero-order valence-corrected chi connectivity index (χ0v) is 13.5. The number of hydrogen-bond acceptors (Lipinski definition) is 3. The van der Waals surface area contributed by atoms with Crippen molar-refractivity contribution in [3.63, 3.8) is 0 Å². The number of rotatable bonds is 4. The van der Waals surface area contributed by atoms with Crippen molar-refractivity contribution in [2.75, 3.05) is 19.3 Å². The van der Waals surface area contributed by atoms with Crippen LogP contribution in [0.15, 0.2) is 48.5 Å². The number of aromatic nitrogens is 2. The second-order valence-corrected chi connectivity index (χ2v) is 5.73. The van der Waals surface area contributed by atoms with Crippen molar-refractivity contribution in [3.05, 3.63) is 59.1 Å². The molecule has 0 fully saturated rings. The first kappa shape index (κ1) is 15.4. The molecule has 0 aliphatic carbocycles. The summed E-state index contributed by atoms with van der Waals surface area (Å²) >= 11 is 6.25. The van der Waals surface area contributed by atoms with Gasteiger partial charge in [-0.3, -0.25) is 4.79 Å². The molecule has 6 heteroatoms. The van der Waals surface area contributed by atoms with Gasteiger partial charge in [-0.2, -0.15) is 0 Å². The minimum Gasteiger partial charge on any atom is -0.369 e. The molecule has 3 rings (SSSR count). The van der Waals surface area contributed by atoms with Crippen molar-refractivity contribution in [3.8, 4) is 0 Å². The number of carbonyl (C=O) groups is 1. The van der Waals surface area contributed by atoms with E-state index in [9.17, 15) is 4.79 Å². The molecule has 0 saturated carbocycles. The van der Waals surface area contributed by atoms with Crippen LogP contribution in [-0.2, 0) is 6.54 Å². The minimum atomic E-state index is -0.0281. The number of nitrogen functional groups attached to an aromatic ring is 1. The molecule has 23 heavy (non-hydrogen) atoms. The van der Waals surface area contributed by atoms with Crippen molar-refractivity contribution in [1.29, 1.82) is 0 Å². The predicted molar refractivity (Wildman–Crippen MR) is 92.6 cm³/mol. The zero-order chi connectivity index (χ0) is 16.4. The summed E-state index contributed by atoms with van der Waals surface area (Å²) in [7, 11) is 1.77. The number of halogens is 1. The normalized spacial score (nSPS) is 10.9. The Hall–Kier alpha value is -2.53. The number of hydrogen-bond donors (Lipinski definition) is 1. The number of anilines is 1. The summed E-state index contributed by atoms with van der Waals surface area (Å²) in [4.78, 5) is 18.3. The number of likely N-dealkylation sites (N-methyl/N-ethyl adjacent to an activating group) is 1. The van der Waals surface area contributed by atoms with E-state index < -0.39 is 0 Å². The SMILES string of the molecule is CN(CCn1c(N)nc2cccc(Cl)c21)C(=O)c1ccccc1. The molecular weight excluding hydrogens is 312 g/mol. The molecule has 2 N–H and O–H groups in total. The third kappa shape index (κ3) is 3.00. The lowest BCUT2D eigenvalue weighted by Crippen LogP contribution is -2.30. The lowest BCUT2D eigenvalue weighted by atomic mass is 10.2. The maximum atomic E-state index is 12.4. The van der Waals surface area contributed by atoms with Gasteiger partial charge in [-0.1, -0.05) is 35.9 Å². The van der Waals surface area contributed by atoms with E-state index in [1.807, 2.05) is 34.9 Å². The first-order valence-corrected chi connectivity index (χ1v) is 7.66. The van der Waals surface area contributed by atoms with Crippen molar-refractivity contribution < 1.29 is 4.79 Å². The number of nitrogens with two attached hydrogens (primary N) is 1. The Labute approximate surface area is 139 Å². The highest BCUT2D eigenvalue weighted by molar-refractivity contribution is 6.35. The summed E-state index contributed by atoms with van der Waals surface area (Å²) in [6.45, 7) is 1.04. The minimum absolute atomic E-state index is 0.0281. The van der Waals surface area contributed by atoms with Gasteiger partial charge >= 0.3 is 0 Å². The highest BCUT2D eigenvalue weighted by Gasteiger charge is 2.14. The second kappa shape index (κ2) is 6.30. The summed E-state index contributed by atoms with van der Waals surface area (Å²) < 4.78 is 1.84. The molecule has 5 nitrogen and oxygen atoms in total. The molecule has 1 aromatic heterocycles. The van der Waals surface area contributed by atoms with Crippen molar-refractivity contribution in [2.24, 2.45) is 0 Å². The van der Waals surface area contributed by atoms with Crippen LogP contribution in [0.25, 0.3) is 11.0 Å². The molecule has 2 aromatic carbocycles. The smallest absolute Gasteiger partial charge is 0.253 e. The Bertz CT molecular complexity index is 844. The van der Waals surface area contributed by atoms with E-state index in [1.165, 1.54) is 0 Å². The molecule has 1 heterocycles. The Morgan fingerprint density at radius 3 is 2.70 bits per heavy atom. The third-order valence-corrected chi connectivity index (χ3v) is 4.08. The molecule has 0 bridgehead atoms. The highest BCUT2D eigenvalue weighted by atomic mass is 35.5. The van der Waals surface area contributed by atoms with Gasteiger partial charge in [0.2, 0.25) is 5.95 Å². The van der Waals surface area contributed by atoms with Crippen LogP contribution in [-0.4, -0.2) is 34.0 Å². The average molecular weight is 329 g/mol. The Morgan fingerprint density at radius 1 is 1.22 bits per heavy atom. The standard InChI is InChI=1S/C17H17ClN4O/c1-21(16(23)12-6-3-2-4-7-12)10-11-22-15-13(18)8-5-9-14(15)20-17(22)19/h2-9H,10-11H2,1H3,(H2,19,20). The maximum Gasteiger partial charge on any atom is 0.253 e.